The van der Waals surface area contributed by atoms with Crippen molar-refractivity contribution in [2.75, 3.05) is 16.8 Å². The third kappa shape index (κ3) is 3.94. The Morgan fingerprint density at radius 2 is 2.32 bits per heavy atom. The highest BCUT2D eigenvalue weighted by Gasteiger charge is 2.24. The molecule has 1 heterocycles. The van der Waals surface area contributed by atoms with Crippen LogP contribution < -0.4 is 10.6 Å². The Bertz CT molecular complexity index is 513. The Morgan fingerprint density at radius 3 is 3.05 bits per heavy atom. The molecular weight excluding hydrogens is 335 g/mol. The summed E-state index contributed by atoms with van der Waals surface area (Å²) in [6.45, 7) is 0. The maximum absolute atomic E-state index is 13.6. The lowest BCUT2D eigenvalue weighted by Gasteiger charge is -2.15. The van der Waals surface area contributed by atoms with E-state index in [-0.39, 0.29) is 11.6 Å². The number of hydrogen-bond acceptors (Lipinski definition) is 3. The summed E-state index contributed by atoms with van der Waals surface area (Å²) in [5.74, 6) is 0.124. The Hall–Kier alpha value is -1.08. The van der Waals surface area contributed by atoms with Gasteiger partial charge in [-0.25, -0.2) is 4.39 Å². The lowest BCUT2D eigenvalue weighted by atomic mass is 10.2. The molecule has 1 aromatic carbocycles. The molecule has 2 amide bonds. The molecule has 7 heteroatoms. The topological polar surface area (TPSA) is 58.2 Å². The monoisotopic (exact) mass is 346 g/mol. The standard InChI is InChI=1S/C12H12BrFN2O2S/c13-7-1-2-9(8(14)5-7)16-12(18)10-6-19-4-3-11(17)15-10/h1-2,5,10H,3-4,6H2,(H,15,17)(H,16,18). The zero-order chi connectivity index (χ0) is 13.8. The largest absolute Gasteiger partial charge is 0.343 e. The molecule has 1 unspecified atom stereocenters. The molecule has 1 saturated heterocycles. The normalized spacial score (nSPS) is 19.5. The van der Waals surface area contributed by atoms with E-state index in [1.54, 1.807) is 6.07 Å². The molecule has 0 spiro atoms. The van der Waals surface area contributed by atoms with Crippen LogP contribution in [0.15, 0.2) is 22.7 Å². The number of amides is 2. The van der Waals surface area contributed by atoms with E-state index >= 15 is 0 Å². The van der Waals surface area contributed by atoms with Crippen molar-refractivity contribution in [1.29, 1.82) is 0 Å². The van der Waals surface area contributed by atoms with Gasteiger partial charge in [0.2, 0.25) is 11.8 Å². The van der Waals surface area contributed by atoms with E-state index in [1.165, 1.54) is 23.9 Å². The van der Waals surface area contributed by atoms with Crippen LogP contribution in [0.4, 0.5) is 10.1 Å². The molecule has 0 aliphatic carbocycles. The molecule has 0 saturated carbocycles. The van der Waals surface area contributed by atoms with Crippen LogP contribution in [0.5, 0.6) is 0 Å². The molecule has 1 atom stereocenters. The third-order valence-corrected chi connectivity index (χ3v) is 4.15. The predicted molar refractivity (Wildman–Crippen MR) is 76.6 cm³/mol. The van der Waals surface area contributed by atoms with E-state index in [9.17, 15) is 14.0 Å². The molecular formula is C12H12BrFN2O2S. The average molecular weight is 347 g/mol. The summed E-state index contributed by atoms with van der Waals surface area (Å²) in [7, 11) is 0. The first kappa shape index (κ1) is 14.3. The molecule has 2 N–H and O–H groups in total. The fourth-order valence-electron chi connectivity index (χ4n) is 1.63. The molecule has 0 radical (unpaired) electrons. The van der Waals surface area contributed by atoms with Gasteiger partial charge in [-0.3, -0.25) is 9.59 Å². The van der Waals surface area contributed by atoms with Crippen LogP contribution in [-0.4, -0.2) is 29.4 Å². The Kier molecular flexibility index (Phi) is 4.81. The van der Waals surface area contributed by atoms with Crippen LogP contribution in [0.1, 0.15) is 6.42 Å². The number of carbonyl (C=O) groups is 2. The smallest absolute Gasteiger partial charge is 0.247 e. The van der Waals surface area contributed by atoms with Crippen LogP contribution in [0.25, 0.3) is 0 Å². The minimum Gasteiger partial charge on any atom is -0.343 e. The molecule has 0 aromatic heterocycles. The summed E-state index contributed by atoms with van der Waals surface area (Å²) in [6, 6.07) is 3.76. The van der Waals surface area contributed by atoms with Crippen LogP contribution in [-0.2, 0) is 9.59 Å². The second kappa shape index (κ2) is 6.38. The fourth-order valence-corrected chi connectivity index (χ4v) is 2.93. The van der Waals surface area contributed by atoms with Crippen molar-refractivity contribution in [1.82, 2.24) is 5.32 Å². The van der Waals surface area contributed by atoms with Crippen molar-refractivity contribution < 1.29 is 14.0 Å². The van der Waals surface area contributed by atoms with Gasteiger partial charge in [-0.1, -0.05) is 15.9 Å². The molecule has 1 fully saturated rings. The van der Waals surface area contributed by atoms with Gasteiger partial charge in [0.15, 0.2) is 0 Å². The highest BCUT2D eigenvalue weighted by atomic mass is 79.9. The first-order chi connectivity index (χ1) is 9.06. The summed E-state index contributed by atoms with van der Waals surface area (Å²) >= 11 is 4.67. The fraction of sp³-hybridized carbons (Fsp3) is 0.333. The van der Waals surface area contributed by atoms with Gasteiger partial charge in [-0.05, 0) is 18.2 Å². The van der Waals surface area contributed by atoms with Crippen LogP contribution in [0, 0.1) is 5.82 Å². The lowest BCUT2D eigenvalue weighted by molar-refractivity contribution is -0.125. The molecule has 1 aliphatic rings. The quantitative estimate of drug-likeness (QED) is 0.862. The van der Waals surface area contributed by atoms with Gasteiger partial charge in [0.25, 0.3) is 0 Å². The van der Waals surface area contributed by atoms with Crippen molar-refractivity contribution >= 4 is 45.2 Å². The molecule has 19 heavy (non-hydrogen) atoms. The highest BCUT2D eigenvalue weighted by molar-refractivity contribution is 9.10. The predicted octanol–water partition coefficient (Wildman–Crippen LogP) is 2.15. The number of carbonyl (C=O) groups excluding carboxylic acids is 2. The lowest BCUT2D eigenvalue weighted by Crippen LogP contribution is -2.44. The van der Waals surface area contributed by atoms with Gasteiger partial charge in [-0.15, -0.1) is 0 Å². The van der Waals surface area contributed by atoms with E-state index in [4.69, 9.17) is 0 Å². The van der Waals surface area contributed by atoms with E-state index in [1.807, 2.05) is 0 Å². The minimum atomic E-state index is -0.622. The number of halogens is 2. The van der Waals surface area contributed by atoms with Gasteiger partial charge < -0.3 is 10.6 Å². The first-order valence-electron chi connectivity index (χ1n) is 5.69. The maximum atomic E-state index is 13.6. The number of thioether (sulfide) groups is 1. The van der Waals surface area contributed by atoms with E-state index in [0.717, 1.165) is 0 Å². The summed E-state index contributed by atoms with van der Waals surface area (Å²) in [4.78, 5) is 23.4. The van der Waals surface area contributed by atoms with Gasteiger partial charge in [0, 0.05) is 22.4 Å². The third-order valence-electron chi connectivity index (χ3n) is 2.60. The molecule has 1 aliphatic heterocycles. The SMILES string of the molecule is O=C1CCSCC(C(=O)Nc2ccc(Br)cc2F)N1. The number of benzene rings is 1. The van der Waals surface area contributed by atoms with E-state index < -0.39 is 17.8 Å². The Morgan fingerprint density at radius 1 is 1.53 bits per heavy atom. The summed E-state index contributed by atoms with van der Waals surface area (Å²) in [5.41, 5.74) is 0.108. The van der Waals surface area contributed by atoms with Crippen molar-refractivity contribution in [3.8, 4) is 0 Å². The highest BCUT2D eigenvalue weighted by Crippen LogP contribution is 2.20. The van der Waals surface area contributed by atoms with Gasteiger partial charge in [0.1, 0.15) is 11.9 Å². The zero-order valence-electron chi connectivity index (χ0n) is 9.91. The molecule has 102 valence electrons. The van der Waals surface area contributed by atoms with Gasteiger partial charge in [-0.2, -0.15) is 11.8 Å². The molecule has 0 bridgehead atoms. The van der Waals surface area contributed by atoms with Crippen molar-refractivity contribution in [3.05, 3.63) is 28.5 Å². The zero-order valence-corrected chi connectivity index (χ0v) is 12.3. The summed E-state index contributed by atoms with van der Waals surface area (Å²) in [5, 5.41) is 5.12. The second-order valence-corrected chi connectivity index (χ2v) is 6.12. The number of nitrogens with one attached hydrogen (secondary N) is 2. The second-order valence-electron chi connectivity index (χ2n) is 4.06. The van der Waals surface area contributed by atoms with Gasteiger partial charge in [0.05, 0.1) is 5.69 Å². The number of rotatable bonds is 2. The van der Waals surface area contributed by atoms with Crippen LogP contribution >= 0.6 is 27.7 Å². The number of hydrogen-bond donors (Lipinski definition) is 2. The molecule has 4 nitrogen and oxygen atoms in total. The van der Waals surface area contributed by atoms with Crippen molar-refractivity contribution in [2.24, 2.45) is 0 Å². The van der Waals surface area contributed by atoms with Crippen molar-refractivity contribution in [3.63, 3.8) is 0 Å². The average Bonchev–Trinajstić information content (AvgIpc) is 2.57. The van der Waals surface area contributed by atoms with Gasteiger partial charge >= 0.3 is 0 Å². The molecule has 2 rings (SSSR count). The molecule has 1 aromatic rings. The number of anilines is 1. The first-order valence-corrected chi connectivity index (χ1v) is 7.64. The van der Waals surface area contributed by atoms with Crippen LogP contribution in [0.3, 0.4) is 0 Å². The van der Waals surface area contributed by atoms with E-state index in [2.05, 4.69) is 26.6 Å². The summed E-state index contributed by atoms with van der Waals surface area (Å²) < 4.78 is 14.2. The van der Waals surface area contributed by atoms with Crippen LogP contribution in [0.2, 0.25) is 0 Å². The minimum absolute atomic E-state index is 0.108. The Balaban J connectivity index is 2.05. The summed E-state index contributed by atoms with van der Waals surface area (Å²) in [6.07, 6.45) is 0.404. The van der Waals surface area contributed by atoms with E-state index in [0.29, 0.717) is 22.4 Å². The maximum Gasteiger partial charge on any atom is 0.247 e. The Labute approximate surface area is 122 Å². The van der Waals surface area contributed by atoms with Crippen molar-refractivity contribution in [2.45, 2.75) is 12.5 Å².